The van der Waals surface area contributed by atoms with Gasteiger partial charge in [0.25, 0.3) is 0 Å². The highest BCUT2D eigenvalue weighted by Gasteiger charge is 2.20. The molecule has 0 aromatic heterocycles. The summed E-state index contributed by atoms with van der Waals surface area (Å²) >= 11 is 0. The molecule has 2 heterocycles. The molecule has 33 heavy (non-hydrogen) atoms. The number of rotatable bonds is 6. The fraction of sp³-hybridized carbons (Fsp3) is 0.480. The van der Waals surface area contributed by atoms with Crippen LogP contribution in [0.1, 0.15) is 24.0 Å². The molecular weight excluding hydrogens is 534 g/mol. The first-order valence-electron chi connectivity index (χ1n) is 11.4. The number of anilines is 1. The number of nitrogens with zero attached hydrogens (tertiary/aromatic N) is 3. The van der Waals surface area contributed by atoms with Gasteiger partial charge in [-0.05, 0) is 48.2 Å². The lowest BCUT2D eigenvalue weighted by Gasteiger charge is -2.37. The lowest BCUT2D eigenvalue weighted by Crippen LogP contribution is -2.52. The minimum atomic E-state index is -0.198. The van der Waals surface area contributed by atoms with E-state index in [1.807, 2.05) is 19.2 Å². The largest absolute Gasteiger partial charge is 0.381 e. The van der Waals surface area contributed by atoms with E-state index in [2.05, 4.69) is 44.4 Å². The summed E-state index contributed by atoms with van der Waals surface area (Å²) in [6.07, 6.45) is 2.26. The Kier molecular flexibility index (Phi) is 10.2. The first-order valence-corrected chi connectivity index (χ1v) is 11.4. The van der Waals surface area contributed by atoms with Crippen molar-refractivity contribution < 1.29 is 13.9 Å². The third kappa shape index (κ3) is 7.55. The van der Waals surface area contributed by atoms with Gasteiger partial charge in [0, 0.05) is 58.7 Å². The molecule has 4 rings (SSSR count). The number of benzene rings is 2. The van der Waals surface area contributed by atoms with E-state index in [0.29, 0.717) is 12.7 Å². The SMILES string of the molecule is CN=C(NCc1cccc(COC2CCOCC2)c1)N1CCN(c2ccc(F)cc2)CC1.I. The van der Waals surface area contributed by atoms with Crippen molar-refractivity contribution >= 4 is 35.6 Å². The number of aliphatic imine (C=N–C) groups is 1. The van der Waals surface area contributed by atoms with Crippen molar-refractivity contribution in [2.45, 2.75) is 32.1 Å². The van der Waals surface area contributed by atoms with Crippen molar-refractivity contribution in [3.63, 3.8) is 0 Å². The topological polar surface area (TPSA) is 49.3 Å². The third-order valence-corrected chi connectivity index (χ3v) is 6.08. The van der Waals surface area contributed by atoms with E-state index in [0.717, 1.165) is 70.4 Å². The average Bonchev–Trinajstić information content (AvgIpc) is 2.85. The molecule has 2 saturated heterocycles. The zero-order chi connectivity index (χ0) is 22.2. The van der Waals surface area contributed by atoms with Crippen molar-refractivity contribution in [3.8, 4) is 0 Å². The smallest absolute Gasteiger partial charge is 0.194 e. The second kappa shape index (κ2) is 13.1. The van der Waals surface area contributed by atoms with E-state index in [1.165, 1.54) is 23.3 Å². The van der Waals surface area contributed by atoms with Crippen LogP contribution in [0.2, 0.25) is 0 Å². The monoisotopic (exact) mass is 568 g/mol. The van der Waals surface area contributed by atoms with Crippen molar-refractivity contribution in [2.24, 2.45) is 4.99 Å². The molecule has 6 nitrogen and oxygen atoms in total. The van der Waals surface area contributed by atoms with E-state index in [-0.39, 0.29) is 29.8 Å². The Balaban J connectivity index is 0.00000306. The molecule has 2 aliphatic rings. The number of halogens is 2. The number of piperazine rings is 1. The molecule has 8 heteroatoms. The summed E-state index contributed by atoms with van der Waals surface area (Å²) in [6.45, 7) is 6.45. The van der Waals surface area contributed by atoms with Gasteiger partial charge < -0.3 is 24.6 Å². The van der Waals surface area contributed by atoms with Gasteiger partial charge in [0.1, 0.15) is 5.82 Å². The summed E-state index contributed by atoms with van der Waals surface area (Å²) in [6, 6.07) is 15.3. The number of hydrogen-bond acceptors (Lipinski definition) is 4. The molecule has 0 amide bonds. The Morgan fingerprint density at radius 1 is 1.06 bits per heavy atom. The van der Waals surface area contributed by atoms with Gasteiger partial charge >= 0.3 is 0 Å². The molecule has 0 spiro atoms. The molecule has 0 unspecified atom stereocenters. The minimum Gasteiger partial charge on any atom is -0.381 e. The first-order chi connectivity index (χ1) is 15.7. The molecular formula is C25H34FIN4O2. The van der Waals surface area contributed by atoms with Crippen LogP contribution in [-0.2, 0) is 22.6 Å². The Hall–Kier alpha value is -1.91. The van der Waals surface area contributed by atoms with Gasteiger partial charge in [-0.3, -0.25) is 4.99 Å². The number of hydrogen-bond donors (Lipinski definition) is 1. The quantitative estimate of drug-likeness (QED) is 0.324. The fourth-order valence-electron chi connectivity index (χ4n) is 4.23. The molecule has 2 aliphatic heterocycles. The van der Waals surface area contributed by atoms with Gasteiger partial charge in [-0.2, -0.15) is 0 Å². The maximum Gasteiger partial charge on any atom is 0.194 e. The Bertz CT molecular complexity index is 882. The van der Waals surface area contributed by atoms with Gasteiger partial charge in [0.2, 0.25) is 0 Å². The summed E-state index contributed by atoms with van der Waals surface area (Å²) in [7, 11) is 1.83. The molecule has 1 N–H and O–H groups in total. The molecule has 0 saturated carbocycles. The van der Waals surface area contributed by atoms with Crippen molar-refractivity contribution in [3.05, 3.63) is 65.5 Å². The van der Waals surface area contributed by atoms with Gasteiger partial charge in [-0.15, -0.1) is 24.0 Å². The van der Waals surface area contributed by atoms with E-state index in [9.17, 15) is 4.39 Å². The van der Waals surface area contributed by atoms with Crippen LogP contribution in [0.5, 0.6) is 0 Å². The molecule has 180 valence electrons. The molecule has 0 atom stereocenters. The highest BCUT2D eigenvalue weighted by molar-refractivity contribution is 14.0. The standard InChI is InChI=1S/C25H33FN4O2.HI/c1-27-25(30-13-11-29(12-14-30)23-7-5-22(26)6-8-23)28-18-20-3-2-4-21(17-20)19-32-24-9-15-31-16-10-24;/h2-8,17,24H,9-16,18-19H2,1H3,(H,27,28);1H. The zero-order valence-electron chi connectivity index (χ0n) is 19.2. The average molecular weight is 568 g/mol. The number of nitrogens with one attached hydrogen (secondary N) is 1. The van der Waals surface area contributed by atoms with E-state index in [4.69, 9.17) is 9.47 Å². The van der Waals surface area contributed by atoms with E-state index in [1.54, 1.807) is 0 Å². The summed E-state index contributed by atoms with van der Waals surface area (Å²) in [5, 5.41) is 3.50. The Morgan fingerprint density at radius 2 is 1.76 bits per heavy atom. The minimum absolute atomic E-state index is 0. The maximum atomic E-state index is 13.2. The fourth-order valence-corrected chi connectivity index (χ4v) is 4.23. The van der Waals surface area contributed by atoms with Gasteiger partial charge in [0.05, 0.1) is 12.7 Å². The molecule has 0 bridgehead atoms. The lowest BCUT2D eigenvalue weighted by molar-refractivity contribution is -0.0390. The lowest BCUT2D eigenvalue weighted by atomic mass is 10.1. The van der Waals surface area contributed by atoms with Crippen molar-refractivity contribution in [2.75, 3.05) is 51.3 Å². The summed E-state index contributed by atoms with van der Waals surface area (Å²) < 4.78 is 24.6. The molecule has 0 aliphatic carbocycles. The second-order valence-corrected chi connectivity index (χ2v) is 8.29. The summed E-state index contributed by atoms with van der Waals surface area (Å²) in [4.78, 5) is 9.04. The molecule has 2 aromatic rings. The Morgan fingerprint density at radius 3 is 2.45 bits per heavy atom. The number of guanidine groups is 1. The van der Waals surface area contributed by atoms with E-state index >= 15 is 0 Å². The maximum absolute atomic E-state index is 13.2. The highest BCUT2D eigenvalue weighted by atomic mass is 127. The molecule has 0 radical (unpaired) electrons. The first kappa shape index (κ1) is 25.7. The second-order valence-electron chi connectivity index (χ2n) is 8.29. The van der Waals surface area contributed by atoms with Crippen molar-refractivity contribution in [1.29, 1.82) is 0 Å². The van der Waals surface area contributed by atoms with Crippen LogP contribution in [0.25, 0.3) is 0 Å². The van der Waals surface area contributed by atoms with Crippen LogP contribution >= 0.6 is 24.0 Å². The van der Waals surface area contributed by atoms with E-state index < -0.39 is 0 Å². The normalized spacial score (nSPS) is 17.6. The van der Waals surface area contributed by atoms with Crippen LogP contribution in [0.15, 0.2) is 53.5 Å². The van der Waals surface area contributed by atoms with Crippen LogP contribution in [0.3, 0.4) is 0 Å². The van der Waals surface area contributed by atoms with Crippen LogP contribution in [0.4, 0.5) is 10.1 Å². The summed E-state index contributed by atoms with van der Waals surface area (Å²) in [5.74, 6) is 0.712. The zero-order valence-corrected chi connectivity index (χ0v) is 21.5. The Labute approximate surface area is 213 Å². The van der Waals surface area contributed by atoms with Crippen LogP contribution < -0.4 is 10.2 Å². The van der Waals surface area contributed by atoms with Crippen molar-refractivity contribution in [1.82, 2.24) is 10.2 Å². The van der Waals surface area contributed by atoms with Crippen LogP contribution in [0, 0.1) is 5.82 Å². The molecule has 2 aromatic carbocycles. The van der Waals surface area contributed by atoms with Crippen LogP contribution in [-0.4, -0.2) is 63.4 Å². The van der Waals surface area contributed by atoms with Gasteiger partial charge in [0.15, 0.2) is 5.96 Å². The van der Waals surface area contributed by atoms with Gasteiger partial charge in [-0.25, -0.2) is 4.39 Å². The predicted octanol–water partition coefficient (Wildman–Crippen LogP) is 4.04. The molecule has 2 fully saturated rings. The third-order valence-electron chi connectivity index (χ3n) is 6.08. The number of ether oxygens (including phenoxy) is 2. The van der Waals surface area contributed by atoms with Gasteiger partial charge in [-0.1, -0.05) is 24.3 Å². The highest BCUT2D eigenvalue weighted by Crippen LogP contribution is 2.17. The predicted molar refractivity (Wildman–Crippen MR) is 141 cm³/mol. The summed E-state index contributed by atoms with van der Waals surface area (Å²) in [5.41, 5.74) is 3.47.